The minimum atomic E-state index is -3.27. The van der Waals surface area contributed by atoms with Crippen molar-refractivity contribution < 1.29 is 8.42 Å². The van der Waals surface area contributed by atoms with E-state index < -0.39 is 10.2 Å². The van der Waals surface area contributed by atoms with Crippen LogP contribution in [0.3, 0.4) is 0 Å². The number of nitrogens with one attached hydrogen (secondary N) is 1. The van der Waals surface area contributed by atoms with E-state index in [0.717, 1.165) is 12.8 Å². The van der Waals surface area contributed by atoms with Crippen molar-refractivity contribution in [3.8, 4) is 0 Å². The van der Waals surface area contributed by atoms with E-state index in [-0.39, 0.29) is 5.92 Å². The Kier molecular flexibility index (Phi) is 3.82. The molecule has 0 amide bonds. The third-order valence-electron chi connectivity index (χ3n) is 2.45. The van der Waals surface area contributed by atoms with Gasteiger partial charge < -0.3 is 5.73 Å². The maximum absolute atomic E-state index is 11.4. The molecule has 0 saturated carbocycles. The van der Waals surface area contributed by atoms with Crippen LogP contribution in [0.1, 0.15) is 12.8 Å². The normalized spacial score (nSPS) is 20.9. The predicted molar refractivity (Wildman–Crippen MR) is 59.1 cm³/mol. The summed E-state index contributed by atoms with van der Waals surface area (Å²) in [6, 6.07) is 0. The Morgan fingerprint density at radius 3 is 2.36 bits per heavy atom. The standard InChI is InChI=1S/C7H15N3O2S2/c1-9-14(11,12)10-4-2-6(3-5-10)7(8)13/h6,9H,2-5H2,1H3,(H2,8,13). The Balaban J connectivity index is 2.56. The Morgan fingerprint density at radius 1 is 1.50 bits per heavy atom. The molecule has 5 nitrogen and oxygen atoms in total. The highest BCUT2D eigenvalue weighted by molar-refractivity contribution is 7.87. The molecule has 14 heavy (non-hydrogen) atoms. The fraction of sp³-hybridized carbons (Fsp3) is 0.857. The van der Waals surface area contributed by atoms with Crippen LogP contribution < -0.4 is 10.5 Å². The Labute approximate surface area is 89.8 Å². The van der Waals surface area contributed by atoms with Gasteiger partial charge in [-0.2, -0.15) is 12.7 Å². The van der Waals surface area contributed by atoms with Gasteiger partial charge in [-0.3, -0.25) is 0 Å². The fourth-order valence-corrected chi connectivity index (χ4v) is 2.70. The van der Waals surface area contributed by atoms with Gasteiger partial charge in [0, 0.05) is 26.1 Å². The lowest BCUT2D eigenvalue weighted by atomic mass is 9.98. The first kappa shape index (κ1) is 11.8. The van der Waals surface area contributed by atoms with E-state index in [1.54, 1.807) is 0 Å². The van der Waals surface area contributed by atoms with Crippen molar-refractivity contribution in [2.24, 2.45) is 11.7 Å². The highest BCUT2D eigenvalue weighted by Gasteiger charge is 2.27. The number of nitrogens with zero attached hydrogens (tertiary/aromatic N) is 1. The van der Waals surface area contributed by atoms with Gasteiger partial charge in [-0.1, -0.05) is 12.2 Å². The largest absolute Gasteiger partial charge is 0.393 e. The minimum Gasteiger partial charge on any atom is -0.393 e. The topological polar surface area (TPSA) is 75.4 Å². The van der Waals surface area contributed by atoms with Gasteiger partial charge in [0.25, 0.3) is 10.2 Å². The lowest BCUT2D eigenvalue weighted by Crippen LogP contribution is -2.45. The highest BCUT2D eigenvalue weighted by Crippen LogP contribution is 2.18. The second-order valence-corrected chi connectivity index (χ2v) is 5.63. The van der Waals surface area contributed by atoms with E-state index >= 15 is 0 Å². The van der Waals surface area contributed by atoms with E-state index in [1.807, 2.05) is 0 Å². The van der Waals surface area contributed by atoms with Gasteiger partial charge in [-0.25, -0.2) is 4.72 Å². The molecule has 1 rings (SSSR count). The van der Waals surface area contributed by atoms with E-state index in [0.29, 0.717) is 18.1 Å². The highest BCUT2D eigenvalue weighted by atomic mass is 32.2. The second-order valence-electron chi connectivity index (χ2n) is 3.28. The van der Waals surface area contributed by atoms with Crippen LogP contribution in [0.25, 0.3) is 0 Å². The van der Waals surface area contributed by atoms with E-state index in [9.17, 15) is 8.42 Å². The Bertz CT molecular complexity index is 307. The van der Waals surface area contributed by atoms with Gasteiger partial charge in [0.05, 0.1) is 4.99 Å². The van der Waals surface area contributed by atoms with Crippen molar-refractivity contribution in [1.82, 2.24) is 9.03 Å². The van der Waals surface area contributed by atoms with Crippen LogP contribution >= 0.6 is 12.2 Å². The first-order valence-corrected chi connectivity index (χ1v) is 6.30. The molecule has 0 atom stereocenters. The number of piperidine rings is 1. The molecule has 7 heteroatoms. The van der Waals surface area contributed by atoms with Crippen molar-refractivity contribution >= 4 is 27.4 Å². The van der Waals surface area contributed by atoms with Gasteiger partial charge in [-0.15, -0.1) is 0 Å². The summed E-state index contributed by atoms with van der Waals surface area (Å²) >= 11 is 4.87. The van der Waals surface area contributed by atoms with Gasteiger partial charge in [0.2, 0.25) is 0 Å². The van der Waals surface area contributed by atoms with Crippen molar-refractivity contribution in [1.29, 1.82) is 0 Å². The third kappa shape index (κ3) is 2.63. The van der Waals surface area contributed by atoms with Crippen LogP contribution in [0.5, 0.6) is 0 Å². The summed E-state index contributed by atoms with van der Waals surface area (Å²) in [6.07, 6.45) is 1.44. The first-order valence-electron chi connectivity index (χ1n) is 4.45. The van der Waals surface area contributed by atoms with Gasteiger partial charge in [0.15, 0.2) is 0 Å². The van der Waals surface area contributed by atoms with E-state index in [4.69, 9.17) is 18.0 Å². The molecule has 82 valence electrons. The quantitative estimate of drug-likeness (QED) is 0.646. The summed E-state index contributed by atoms with van der Waals surface area (Å²) < 4.78 is 26.5. The summed E-state index contributed by atoms with van der Waals surface area (Å²) in [5.74, 6) is 0.188. The summed E-state index contributed by atoms with van der Waals surface area (Å²) in [5.41, 5.74) is 5.50. The van der Waals surface area contributed by atoms with E-state index in [2.05, 4.69) is 4.72 Å². The SMILES string of the molecule is CNS(=O)(=O)N1CCC(C(N)=S)CC1. The Hall–Kier alpha value is -0.240. The zero-order valence-electron chi connectivity index (χ0n) is 8.06. The Morgan fingerprint density at radius 2 is 2.00 bits per heavy atom. The predicted octanol–water partition coefficient (Wildman–Crippen LogP) is -0.551. The molecule has 0 radical (unpaired) electrons. The summed E-state index contributed by atoms with van der Waals surface area (Å²) in [6.45, 7) is 0.983. The number of thiocarbonyl (C=S) groups is 1. The first-order chi connectivity index (χ1) is 6.47. The smallest absolute Gasteiger partial charge is 0.279 e. The van der Waals surface area contributed by atoms with Crippen LogP contribution in [0.4, 0.5) is 0 Å². The fourth-order valence-electron chi connectivity index (χ4n) is 1.51. The van der Waals surface area contributed by atoms with Crippen molar-refractivity contribution in [2.45, 2.75) is 12.8 Å². The zero-order chi connectivity index (χ0) is 10.8. The average molecular weight is 237 g/mol. The van der Waals surface area contributed by atoms with Crippen LogP contribution in [-0.2, 0) is 10.2 Å². The summed E-state index contributed by atoms with van der Waals surface area (Å²) in [5, 5.41) is 0. The van der Waals surface area contributed by atoms with Crippen LogP contribution in [-0.4, -0.2) is 37.8 Å². The van der Waals surface area contributed by atoms with Gasteiger partial charge in [-0.05, 0) is 12.8 Å². The number of nitrogens with two attached hydrogens (primary N) is 1. The molecule has 1 aliphatic rings. The lowest BCUT2D eigenvalue weighted by molar-refractivity contribution is 0.314. The molecular formula is C7H15N3O2S2. The summed E-state index contributed by atoms with van der Waals surface area (Å²) in [7, 11) is -1.86. The van der Waals surface area contributed by atoms with E-state index in [1.165, 1.54) is 11.4 Å². The average Bonchev–Trinajstić information content (AvgIpc) is 2.18. The zero-order valence-corrected chi connectivity index (χ0v) is 9.70. The maximum Gasteiger partial charge on any atom is 0.279 e. The number of hydrogen-bond acceptors (Lipinski definition) is 3. The molecule has 1 aliphatic heterocycles. The molecular weight excluding hydrogens is 222 g/mol. The molecule has 1 heterocycles. The minimum absolute atomic E-state index is 0.188. The molecule has 0 aromatic rings. The molecule has 0 unspecified atom stereocenters. The number of rotatable bonds is 3. The maximum atomic E-state index is 11.4. The van der Waals surface area contributed by atoms with Gasteiger partial charge in [0.1, 0.15) is 0 Å². The lowest BCUT2D eigenvalue weighted by Gasteiger charge is -2.30. The molecule has 0 spiro atoms. The van der Waals surface area contributed by atoms with Crippen molar-refractivity contribution in [2.75, 3.05) is 20.1 Å². The molecule has 0 bridgehead atoms. The molecule has 0 aromatic carbocycles. The van der Waals surface area contributed by atoms with Crippen LogP contribution in [0.15, 0.2) is 0 Å². The van der Waals surface area contributed by atoms with Gasteiger partial charge >= 0.3 is 0 Å². The third-order valence-corrected chi connectivity index (χ3v) is 4.35. The van der Waals surface area contributed by atoms with Crippen LogP contribution in [0.2, 0.25) is 0 Å². The molecule has 3 N–H and O–H groups in total. The van der Waals surface area contributed by atoms with Crippen molar-refractivity contribution in [3.05, 3.63) is 0 Å². The molecule has 0 aliphatic carbocycles. The van der Waals surface area contributed by atoms with Crippen LogP contribution in [0, 0.1) is 5.92 Å². The summed E-state index contributed by atoms with van der Waals surface area (Å²) in [4.78, 5) is 0.492. The molecule has 1 fully saturated rings. The number of hydrogen-bond donors (Lipinski definition) is 2. The monoisotopic (exact) mass is 237 g/mol. The van der Waals surface area contributed by atoms with Crippen molar-refractivity contribution in [3.63, 3.8) is 0 Å². The molecule has 0 aromatic heterocycles. The molecule has 1 saturated heterocycles. The second kappa shape index (κ2) is 4.52.